The van der Waals surface area contributed by atoms with Crippen molar-refractivity contribution in [3.63, 3.8) is 0 Å². The summed E-state index contributed by atoms with van der Waals surface area (Å²) in [4.78, 5) is 35.0. The molecule has 2 atom stereocenters. The van der Waals surface area contributed by atoms with Crippen LogP contribution in [0.3, 0.4) is 0 Å². The highest BCUT2D eigenvalue weighted by atomic mass is 16.5. The van der Waals surface area contributed by atoms with Crippen molar-refractivity contribution in [1.29, 1.82) is 0 Å². The van der Waals surface area contributed by atoms with Gasteiger partial charge in [0.15, 0.2) is 0 Å². The molecule has 0 radical (unpaired) electrons. The predicted octanol–water partition coefficient (Wildman–Crippen LogP) is 2.29. The summed E-state index contributed by atoms with van der Waals surface area (Å²) < 4.78 is 16.1. The van der Waals surface area contributed by atoms with Crippen LogP contribution in [0.4, 0.5) is 0 Å². The second-order valence-electron chi connectivity index (χ2n) is 6.93. The molecule has 0 saturated carbocycles. The number of hydrogen-bond donors (Lipinski definition) is 0. The minimum Gasteiger partial charge on any atom is -0.489 e. The van der Waals surface area contributed by atoms with Crippen LogP contribution in [0.25, 0.3) is 11.0 Å². The van der Waals surface area contributed by atoms with Crippen LogP contribution in [0.1, 0.15) is 17.8 Å². The monoisotopic (exact) mass is 380 g/mol. The largest absolute Gasteiger partial charge is 0.489 e. The zero-order valence-corrected chi connectivity index (χ0v) is 15.7. The van der Waals surface area contributed by atoms with Crippen molar-refractivity contribution < 1.29 is 23.8 Å². The van der Waals surface area contributed by atoms with E-state index in [1.807, 2.05) is 24.3 Å². The fraction of sp³-hybridized carbons (Fsp3) is 0.333. The molecule has 1 fully saturated rings. The van der Waals surface area contributed by atoms with Gasteiger partial charge in [-0.15, -0.1) is 0 Å². The Balaban J connectivity index is 1.98. The maximum Gasteiger partial charge on any atom is 0.337 e. The number of methoxy groups -OCH3 is 2. The Labute approximate surface area is 162 Å². The van der Waals surface area contributed by atoms with Crippen molar-refractivity contribution >= 4 is 23.0 Å². The van der Waals surface area contributed by atoms with Crippen LogP contribution in [-0.2, 0) is 36.6 Å². The Kier molecular flexibility index (Phi) is 4.37. The smallest absolute Gasteiger partial charge is 0.337 e. The summed E-state index contributed by atoms with van der Waals surface area (Å²) in [5.41, 5.74) is 1.82. The average Bonchev–Trinajstić information content (AvgIpc) is 3.04. The molecule has 0 amide bonds. The number of ether oxygens (including phenoxy) is 3. The van der Waals surface area contributed by atoms with E-state index in [1.165, 1.54) is 14.2 Å². The Hall–Kier alpha value is -3.22. The normalized spacial score (nSPS) is 23.3. The summed E-state index contributed by atoms with van der Waals surface area (Å²) in [7, 11) is 2.62. The first kappa shape index (κ1) is 18.2. The highest BCUT2D eigenvalue weighted by molar-refractivity contribution is 5.93. The molecule has 4 rings (SSSR count). The molecule has 7 nitrogen and oxygen atoms in total. The minimum atomic E-state index is -1.17. The summed E-state index contributed by atoms with van der Waals surface area (Å²) in [5.74, 6) is -0.758. The first-order valence-corrected chi connectivity index (χ1v) is 8.96. The van der Waals surface area contributed by atoms with Gasteiger partial charge in [0.05, 0.1) is 42.2 Å². The Morgan fingerprint density at radius 3 is 2.46 bits per heavy atom. The van der Waals surface area contributed by atoms with Gasteiger partial charge in [-0.3, -0.25) is 4.79 Å². The third-order valence-electron chi connectivity index (χ3n) is 5.34. The van der Waals surface area contributed by atoms with Crippen LogP contribution in [0.2, 0.25) is 0 Å². The number of aromatic nitrogens is 2. The summed E-state index contributed by atoms with van der Waals surface area (Å²) in [5, 5.41) is 0. The maximum atomic E-state index is 12.9. The molecule has 0 N–H and O–H groups in total. The van der Waals surface area contributed by atoms with E-state index in [1.54, 1.807) is 6.08 Å². The first-order valence-electron chi connectivity index (χ1n) is 8.96. The van der Waals surface area contributed by atoms with E-state index in [4.69, 9.17) is 24.2 Å². The molecule has 2 heterocycles. The Bertz CT molecular complexity index is 1030. The van der Waals surface area contributed by atoms with Gasteiger partial charge in [-0.05, 0) is 12.1 Å². The molecule has 2 aromatic rings. The van der Waals surface area contributed by atoms with Gasteiger partial charge in [-0.25, -0.2) is 14.8 Å². The minimum absolute atomic E-state index is 0.164. The number of para-hydroxylation sites is 2. The zero-order chi connectivity index (χ0) is 19.9. The number of nitrogens with zero attached hydrogens (tertiary/aromatic N) is 2. The van der Waals surface area contributed by atoms with Gasteiger partial charge < -0.3 is 14.2 Å². The number of fused-ring (bicyclic) bond motifs is 3. The van der Waals surface area contributed by atoms with Crippen LogP contribution in [0.15, 0.2) is 48.3 Å². The molecule has 0 bridgehead atoms. The van der Waals surface area contributed by atoms with Crippen LogP contribution < -0.4 is 0 Å². The third kappa shape index (κ3) is 2.66. The summed E-state index contributed by atoms with van der Waals surface area (Å²) >= 11 is 0. The van der Waals surface area contributed by atoms with Gasteiger partial charge in [0, 0.05) is 19.3 Å². The second-order valence-corrected chi connectivity index (χ2v) is 6.93. The molecule has 7 heteroatoms. The van der Waals surface area contributed by atoms with Crippen molar-refractivity contribution in [2.24, 2.45) is 5.41 Å². The van der Waals surface area contributed by atoms with Gasteiger partial charge in [0.2, 0.25) is 0 Å². The quantitative estimate of drug-likeness (QED) is 0.596. The molecule has 0 unspecified atom stereocenters. The second kappa shape index (κ2) is 6.74. The van der Waals surface area contributed by atoms with E-state index in [9.17, 15) is 9.59 Å². The van der Waals surface area contributed by atoms with Crippen LogP contribution in [0, 0.1) is 5.41 Å². The SMILES string of the molecule is C=C[C@@H]1C[C@]2(C(=O)OC)Cc3nc4ccccc4nc3CC(C(=O)OC)=C2O1. The molecule has 28 heavy (non-hydrogen) atoms. The van der Waals surface area contributed by atoms with E-state index in [2.05, 4.69) is 6.58 Å². The topological polar surface area (TPSA) is 87.6 Å². The van der Waals surface area contributed by atoms with Crippen molar-refractivity contribution in [2.75, 3.05) is 14.2 Å². The molecule has 1 aromatic carbocycles. The van der Waals surface area contributed by atoms with Gasteiger partial charge in [-0.1, -0.05) is 24.8 Å². The van der Waals surface area contributed by atoms with Crippen molar-refractivity contribution in [1.82, 2.24) is 9.97 Å². The molecule has 144 valence electrons. The van der Waals surface area contributed by atoms with E-state index < -0.39 is 23.5 Å². The molecular formula is C21H20N2O5. The number of hydrogen-bond acceptors (Lipinski definition) is 7. The first-order chi connectivity index (χ1) is 13.5. The van der Waals surface area contributed by atoms with Gasteiger partial charge in [-0.2, -0.15) is 0 Å². The summed E-state index contributed by atoms with van der Waals surface area (Å²) in [6, 6.07) is 7.49. The molecular weight excluding hydrogens is 360 g/mol. The third-order valence-corrected chi connectivity index (χ3v) is 5.34. The lowest BCUT2D eigenvalue weighted by Crippen LogP contribution is -2.35. The van der Waals surface area contributed by atoms with Crippen molar-refractivity contribution in [2.45, 2.75) is 25.4 Å². The zero-order valence-electron chi connectivity index (χ0n) is 15.7. The number of esters is 2. The van der Waals surface area contributed by atoms with Crippen molar-refractivity contribution in [3.8, 4) is 0 Å². The molecule has 2 aliphatic rings. The number of carbonyl (C=O) groups excluding carboxylic acids is 2. The van der Waals surface area contributed by atoms with Crippen LogP contribution >= 0.6 is 0 Å². The molecule has 1 saturated heterocycles. The van der Waals surface area contributed by atoms with Gasteiger partial charge >= 0.3 is 11.9 Å². The summed E-state index contributed by atoms with van der Waals surface area (Å²) in [6.45, 7) is 3.77. The maximum absolute atomic E-state index is 12.9. The van der Waals surface area contributed by atoms with Crippen LogP contribution in [0.5, 0.6) is 0 Å². The lowest BCUT2D eigenvalue weighted by Gasteiger charge is -2.25. The van der Waals surface area contributed by atoms with Gasteiger partial charge in [0.1, 0.15) is 17.3 Å². The van der Waals surface area contributed by atoms with Crippen molar-refractivity contribution in [3.05, 3.63) is 59.6 Å². The van der Waals surface area contributed by atoms with Crippen LogP contribution in [-0.4, -0.2) is 42.2 Å². The molecule has 1 aliphatic heterocycles. The van der Waals surface area contributed by atoms with E-state index >= 15 is 0 Å². The van der Waals surface area contributed by atoms with E-state index in [0.717, 1.165) is 11.0 Å². The predicted molar refractivity (Wildman–Crippen MR) is 100 cm³/mol. The van der Waals surface area contributed by atoms with E-state index in [-0.39, 0.29) is 24.2 Å². The van der Waals surface area contributed by atoms with E-state index in [0.29, 0.717) is 17.8 Å². The fourth-order valence-electron chi connectivity index (χ4n) is 4.01. The molecule has 1 aromatic heterocycles. The number of carbonyl (C=O) groups is 2. The highest BCUT2D eigenvalue weighted by Gasteiger charge is 2.55. The fourth-order valence-corrected chi connectivity index (χ4v) is 4.01. The average molecular weight is 380 g/mol. The standard InChI is InChI=1S/C21H20N2O5/c1-4-12-10-21(20(25)27-3)11-17-16(9-13(18(21)28-12)19(24)26-2)22-14-7-5-6-8-15(14)23-17/h4-8,12H,1,9-11H2,2-3H3/t12-,21+/m1/s1. The summed E-state index contributed by atoms with van der Waals surface area (Å²) in [6.07, 6.45) is 1.91. The highest BCUT2D eigenvalue weighted by Crippen LogP contribution is 2.49. The Morgan fingerprint density at radius 2 is 1.86 bits per heavy atom. The Morgan fingerprint density at radius 1 is 1.18 bits per heavy atom. The number of benzene rings is 1. The number of rotatable bonds is 3. The molecule has 1 aliphatic carbocycles. The van der Waals surface area contributed by atoms with Gasteiger partial charge in [0.25, 0.3) is 0 Å². The molecule has 0 spiro atoms. The lowest BCUT2D eigenvalue weighted by atomic mass is 9.78. The lowest BCUT2D eigenvalue weighted by molar-refractivity contribution is -0.150.